The van der Waals surface area contributed by atoms with Gasteiger partial charge in [-0.2, -0.15) is 5.10 Å². The first-order valence-electron chi connectivity index (χ1n) is 5.79. The number of hydrogen-bond donors (Lipinski definition) is 0. The van der Waals surface area contributed by atoms with Crippen molar-refractivity contribution >= 4 is 5.97 Å². The molecule has 1 heterocycles. The molecule has 5 heteroatoms. The molecule has 0 spiro atoms. The van der Waals surface area contributed by atoms with Crippen LogP contribution < -0.4 is 0 Å². The molecular weight excluding hydrogens is 230 g/mol. The molecule has 1 aromatic heterocycles. The summed E-state index contributed by atoms with van der Waals surface area (Å²) in [6.07, 6.45) is 1.36. The van der Waals surface area contributed by atoms with E-state index in [0.717, 1.165) is 5.56 Å². The van der Waals surface area contributed by atoms with E-state index in [0.29, 0.717) is 0 Å². The van der Waals surface area contributed by atoms with Gasteiger partial charge in [-0.25, -0.2) is 14.5 Å². The topological polar surface area (TPSA) is 57.0 Å². The minimum Gasteiger partial charge on any atom is -0.455 e. The van der Waals surface area contributed by atoms with E-state index < -0.39 is 5.97 Å². The van der Waals surface area contributed by atoms with Crippen LogP contribution in [0.2, 0.25) is 0 Å². The summed E-state index contributed by atoms with van der Waals surface area (Å²) in [4.78, 5) is 15.8. The fourth-order valence-corrected chi connectivity index (χ4v) is 1.56. The number of nitrogens with zero attached hydrogens (tertiary/aromatic N) is 3. The second-order valence-corrected chi connectivity index (χ2v) is 4.18. The molecule has 0 aliphatic rings. The van der Waals surface area contributed by atoms with E-state index in [4.69, 9.17) is 4.74 Å². The average molecular weight is 245 g/mol. The van der Waals surface area contributed by atoms with Gasteiger partial charge in [-0.1, -0.05) is 30.3 Å². The second kappa shape index (κ2) is 5.44. The van der Waals surface area contributed by atoms with Gasteiger partial charge in [0.05, 0.1) is 0 Å². The zero-order valence-corrected chi connectivity index (χ0v) is 10.4. The van der Waals surface area contributed by atoms with Gasteiger partial charge >= 0.3 is 5.97 Å². The minimum atomic E-state index is -0.454. The van der Waals surface area contributed by atoms with Gasteiger partial charge in [0.1, 0.15) is 12.9 Å². The first-order valence-corrected chi connectivity index (χ1v) is 5.79. The number of rotatable bonds is 4. The first kappa shape index (κ1) is 12.3. The molecule has 2 aromatic rings. The Hall–Kier alpha value is -2.17. The highest BCUT2D eigenvalue weighted by Gasteiger charge is 2.17. The van der Waals surface area contributed by atoms with Gasteiger partial charge in [0, 0.05) is 6.04 Å². The van der Waals surface area contributed by atoms with Crippen LogP contribution in [-0.4, -0.2) is 20.7 Å². The summed E-state index contributed by atoms with van der Waals surface area (Å²) in [5, 5.41) is 4.00. The molecule has 0 bridgehead atoms. The van der Waals surface area contributed by atoms with Crippen molar-refractivity contribution in [3.8, 4) is 0 Å². The van der Waals surface area contributed by atoms with Crippen molar-refractivity contribution in [2.24, 2.45) is 0 Å². The third-order valence-corrected chi connectivity index (χ3v) is 2.46. The van der Waals surface area contributed by atoms with Crippen LogP contribution in [0.25, 0.3) is 0 Å². The van der Waals surface area contributed by atoms with E-state index >= 15 is 0 Å². The van der Waals surface area contributed by atoms with Crippen LogP contribution in [0.1, 0.15) is 36.1 Å². The summed E-state index contributed by atoms with van der Waals surface area (Å²) in [6, 6.07) is 9.60. The number of aromatic nitrogens is 3. The Balaban J connectivity index is 2.02. The van der Waals surface area contributed by atoms with Crippen LogP contribution in [0, 0.1) is 0 Å². The molecule has 0 radical (unpaired) electrons. The van der Waals surface area contributed by atoms with E-state index in [-0.39, 0.29) is 18.5 Å². The van der Waals surface area contributed by atoms with Crippen molar-refractivity contribution in [3.05, 3.63) is 48.0 Å². The van der Waals surface area contributed by atoms with Crippen LogP contribution in [0.4, 0.5) is 0 Å². The van der Waals surface area contributed by atoms with E-state index in [1.807, 2.05) is 44.2 Å². The van der Waals surface area contributed by atoms with E-state index in [2.05, 4.69) is 10.1 Å². The highest BCUT2D eigenvalue weighted by molar-refractivity contribution is 5.85. The van der Waals surface area contributed by atoms with Gasteiger partial charge in [0.25, 0.3) is 0 Å². The lowest BCUT2D eigenvalue weighted by molar-refractivity contribution is 0.0448. The Labute approximate surface area is 105 Å². The normalized spacial score (nSPS) is 10.6. The molecule has 0 saturated heterocycles. The van der Waals surface area contributed by atoms with Gasteiger partial charge in [-0.15, -0.1) is 0 Å². The van der Waals surface area contributed by atoms with Gasteiger partial charge in [-0.05, 0) is 19.4 Å². The summed E-state index contributed by atoms with van der Waals surface area (Å²) in [5.41, 5.74) is 0.946. The predicted molar refractivity (Wildman–Crippen MR) is 66.0 cm³/mol. The van der Waals surface area contributed by atoms with E-state index in [1.54, 1.807) is 4.68 Å². The van der Waals surface area contributed by atoms with Crippen molar-refractivity contribution in [1.82, 2.24) is 14.8 Å². The lowest BCUT2D eigenvalue weighted by Gasteiger charge is -2.09. The van der Waals surface area contributed by atoms with Crippen LogP contribution in [0.15, 0.2) is 36.7 Å². The molecule has 0 unspecified atom stereocenters. The SMILES string of the molecule is CC(C)n1ncnc1C(=O)OCc1ccccc1. The molecule has 0 fully saturated rings. The molecule has 2 rings (SSSR count). The number of ether oxygens (including phenoxy) is 1. The van der Waals surface area contributed by atoms with E-state index in [9.17, 15) is 4.79 Å². The molecule has 0 atom stereocenters. The Morgan fingerprint density at radius 1 is 1.33 bits per heavy atom. The lowest BCUT2D eigenvalue weighted by Crippen LogP contribution is -2.16. The fraction of sp³-hybridized carbons (Fsp3) is 0.308. The number of hydrogen-bond acceptors (Lipinski definition) is 4. The predicted octanol–water partition coefficient (Wildman–Crippen LogP) is 2.22. The van der Waals surface area contributed by atoms with Gasteiger partial charge < -0.3 is 4.74 Å². The van der Waals surface area contributed by atoms with Gasteiger partial charge in [0.2, 0.25) is 5.82 Å². The molecule has 0 N–H and O–H groups in total. The molecule has 0 saturated carbocycles. The largest absolute Gasteiger partial charge is 0.455 e. The molecule has 1 aromatic carbocycles. The first-order chi connectivity index (χ1) is 8.68. The Kier molecular flexibility index (Phi) is 3.72. The molecule has 5 nitrogen and oxygen atoms in total. The highest BCUT2D eigenvalue weighted by atomic mass is 16.5. The Morgan fingerprint density at radius 2 is 2.06 bits per heavy atom. The molecule has 94 valence electrons. The third-order valence-electron chi connectivity index (χ3n) is 2.46. The zero-order valence-electron chi connectivity index (χ0n) is 10.4. The molecule has 0 aliphatic carbocycles. The monoisotopic (exact) mass is 245 g/mol. The van der Waals surface area contributed by atoms with Crippen LogP contribution >= 0.6 is 0 Å². The maximum absolute atomic E-state index is 11.9. The molecule has 18 heavy (non-hydrogen) atoms. The molecular formula is C13H15N3O2. The number of esters is 1. The molecule has 0 aliphatic heterocycles. The van der Waals surface area contributed by atoms with Crippen molar-refractivity contribution in [2.75, 3.05) is 0 Å². The maximum atomic E-state index is 11.9. The van der Waals surface area contributed by atoms with Gasteiger partial charge in [0.15, 0.2) is 0 Å². The summed E-state index contributed by atoms with van der Waals surface area (Å²) in [5.74, 6) is -0.217. The van der Waals surface area contributed by atoms with Crippen molar-refractivity contribution in [2.45, 2.75) is 26.5 Å². The molecule has 0 amide bonds. The van der Waals surface area contributed by atoms with Crippen molar-refractivity contribution < 1.29 is 9.53 Å². The summed E-state index contributed by atoms with van der Waals surface area (Å²) in [7, 11) is 0. The standard InChI is InChI=1S/C13H15N3O2/c1-10(2)16-12(14-9-15-16)13(17)18-8-11-6-4-3-5-7-11/h3-7,9-10H,8H2,1-2H3. The van der Waals surface area contributed by atoms with Crippen LogP contribution in [-0.2, 0) is 11.3 Å². The number of carbonyl (C=O) groups is 1. The Morgan fingerprint density at radius 3 is 2.72 bits per heavy atom. The highest BCUT2D eigenvalue weighted by Crippen LogP contribution is 2.08. The fourth-order valence-electron chi connectivity index (χ4n) is 1.56. The van der Waals surface area contributed by atoms with E-state index in [1.165, 1.54) is 6.33 Å². The minimum absolute atomic E-state index is 0.0757. The second-order valence-electron chi connectivity index (χ2n) is 4.18. The van der Waals surface area contributed by atoms with Crippen LogP contribution in [0.3, 0.4) is 0 Å². The maximum Gasteiger partial charge on any atom is 0.376 e. The summed E-state index contributed by atoms with van der Waals surface area (Å²) >= 11 is 0. The third kappa shape index (κ3) is 2.74. The van der Waals surface area contributed by atoms with Crippen molar-refractivity contribution in [3.63, 3.8) is 0 Å². The lowest BCUT2D eigenvalue weighted by atomic mass is 10.2. The average Bonchev–Trinajstić information content (AvgIpc) is 2.86. The number of carbonyl (C=O) groups excluding carboxylic acids is 1. The Bertz CT molecular complexity index is 520. The smallest absolute Gasteiger partial charge is 0.376 e. The van der Waals surface area contributed by atoms with Crippen LogP contribution in [0.5, 0.6) is 0 Å². The number of benzene rings is 1. The summed E-state index contributed by atoms with van der Waals surface area (Å²) < 4.78 is 6.75. The van der Waals surface area contributed by atoms with Crippen molar-refractivity contribution in [1.29, 1.82) is 0 Å². The zero-order chi connectivity index (χ0) is 13.0. The van der Waals surface area contributed by atoms with Gasteiger partial charge in [-0.3, -0.25) is 0 Å². The summed E-state index contributed by atoms with van der Waals surface area (Å²) in [6.45, 7) is 4.11. The quantitative estimate of drug-likeness (QED) is 0.775.